The zero-order valence-electron chi connectivity index (χ0n) is 12.2. The average molecular weight is 258 g/mol. The van der Waals surface area contributed by atoms with Gasteiger partial charge in [-0.15, -0.1) is 0 Å². The van der Waals surface area contributed by atoms with E-state index in [-0.39, 0.29) is 0 Å². The lowest BCUT2D eigenvalue weighted by Crippen LogP contribution is -2.04. The Morgan fingerprint density at radius 3 is 2.37 bits per heavy atom. The Morgan fingerprint density at radius 2 is 1.74 bits per heavy atom. The summed E-state index contributed by atoms with van der Waals surface area (Å²) in [5.41, 5.74) is 2.95. The molecule has 1 nitrogen and oxygen atoms in total. The molecule has 1 aliphatic carbocycles. The first-order valence-electron chi connectivity index (χ1n) is 7.84. The van der Waals surface area contributed by atoms with Gasteiger partial charge in [0.05, 0.1) is 0 Å². The Labute approximate surface area is 117 Å². The summed E-state index contributed by atoms with van der Waals surface area (Å²) in [6.45, 7) is 1.68. The van der Waals surface area contributed by atoms with Gasteiger partial charge in [-0.1, -0.05) is 43.5 Å². The van der Waals surface area contributed by atoms with Crippen LogP contribution in [0, 0.1) is 0 Å². The number of benzene rings is 1. The van der Waals surface area contributed by atoms with Crippen LogP contribution in [0.3, 0.4) is 0 Å². The first kappa shape index (κ1) is 14.3. The van der Waals surface area contributed by atoms with Crippen molar-refractivity contribution in [1.29, 1.82) is 0 Å². The van der Waals surface area contributed by atoms with E-state index in [2.05, 4.69) is 24.3 Å². The molecule has 0 amide bonds. The van der Waals surface area contributed by atoms with Crippen molar-refractivity contribution in [2.75, 3.05) is 0 Å². The van der Waals surface area contributed by atoms with Gasteiger partial charge >= 0.3 is 0 Å². The maximum absolute atomic E-state index is 10.9. The minimum atomic E-state index is 0.313. The summed E-state index contributed by atoms with van der Waals surface area (Å²) < 4.78 is 0. The second kappa shape index (κ2) is 7.47. The minimum absolute atomic E-state index is 0.313. The number of carbonyl (C=O) groups is 1. The Bertz CT molecular complexity index is 385. The molecule has 0 spiro atoms. The lowest BCUT2D eigenvalue weighted by Gasteiger charge is -2.22. The van der Waals surface area contributed by atoms with Crippen molar-refractivity contribution in [2.24, 2.45) is 0 Å². The molecule has 19 heavy (non-hydrogen) atoms. The number of Topliss-reactive ketones (excluding diaryl/α,β-unsaturated/α-hetero) is 1. The Morgan fingerprint density at radius 1 is 1.05 bits per heavy atom. The van der Waals surface area contributed by atoms with Crippen LogP contribution in [0.25, 0.3) is 0 Å². The van der Waals surface area contributed by atoms with Gasteiger partial charge in [0.2, 0.25) is 0 Å². The maximum atomic E-state index is 10.9. The molecule has 0 saturated heterocycles. The van der Waals surface area contributed by atoms with Crippen LogP contribution in [0.5, 0.6) is 0 Å². The number of carbonyl (C=O) groups excluding carboxylic acids is 1. The van der Waals surface area contributed by atoms with Crippen molar-refractivity contribution in [1.82, 2.24) is 0 Å². The highest BCUT2D eigenvalue weighted by Gasteiger charge is 2.14. The SMILES string of the molecule is CC(=O)CCCCc1ccc(C2CCCCC2)cc1. The molecular formula is C18H26O. The van der Waals surface area contributed by atoms with E-state index in [0.717, 1.165) is 31.6 Å². The molecule has 0 unspecified atom stereocenters. The summed E-state index contributed by atoms with van der Waals surface area (Å²) >= 11 is 0. The highest BCUT2D eigenvalue weighted by molar-refractivity contribution is 5.75. The van der Waals surface area contributed by atoms with Gasteiger partial charge in [0, 0.05) is 6.42 Å². The molecule has 0 N–H and O–H groups in total. The van der Waals surface area contributed by atoms with E-state index in [0.29, 0.717) is 5.78 Å². The molecule has 1 aliphatic rings. The van der Waals surface area contributed by atoms with Crippen molar-refractivity contribution < 1.29 is 4.79 Å². The molecule has 1 aromatic rings. The number of unbranched alkanes of at least 4 members (excludes halogenated alkanes) is 1. The fraction of sp³-hybridized carbons (Fsp3) is 0.611. The molecule has 1 saturated carbocycles. The zero-order chi connectivity index (χ0) is 13.5. The maximum Gasteiger partial charge on any atom is 0.129 e. The van der Waals surface area contributed by atoms with Crippen molar-refractivity contribution >= 4 is 5.78 Å². The average Bonchev–Trinajstić information content (AvgIpc) is 2.45. The molecule has 0 heterocycles. The molecule has 0 atom stereocenters. The van der Waals surface area contributed by atoms with E-state index in [9.17, 15) is 4.79 Å². The summed E-state index contributed by atoms with van der Waals surface area (Å²) in [7, 11) is 0. The predicted octanol–water partition coefficient (Wildman–Crippen LogP) is 5.04. The lowest BCUT2D eigenvalue weighted by atomic mass is 9.84. The van der Waals surface area contributed by atoms with Crippen LogP contribution in [0.4, 0.5) is 0 Å². The van der Waals surface area contributed by atoms with Gasteiger partial charge in [-0.25, -0.2) is 0 Å². The van der Waals surface area contributed by atoms with E-state index < -0.39 is 0 Å². The minimum Gasteiger partial charge on any atom is -0.300 e. The van der Waals surface area contributed by atoms with Crippen LogP contribution in [-0.4, -0.2) is 5.78 Å². The summed E-state index contributed by atoms with van der Waals surface area (Å²) in [6.07, 6.45) is 11.0. The first-order valence-corrected chi connectivity index (χ1v) is 7.84. The highest BCUT2D eigenvalue weighted by Crippen LogP contribution is 2.32. The number of hydrogen-bond acceptors (Lipinski definition) is 1. The largest absolute Gasteiger partial charge is 0.300 e. The zero-order valence-corrected chi connectivity index (χ0v) is 12.2. The van der Waals surface area contributed by atoms with Crippen LogP contribution < -0.4 is 0 Å². The fourth-order valence-corrected chi connectivity index (χ4v) is 3.10. The Hall–Kier alpha value is -1.11. The van der Waals surface area contributed by atoms with Crippen molar-refractivity contribution in [3.63, 3.8) is 0 Å². The summed E-state index contributed by atoms with van der Waals surface area (Å²) in [5, 5.41) is 0. The molecule has 104 valence electrons. The van der Waals surface area contributed by atoms with Gasteiger partial charge in [-0.2, -0.15) is 0 Å². The normalized spacial score (nSPS) is 16.5. The van der Waals surface area contributed by atoms with Crippen LogP contribution in [0.15, 0.2) is 24.3 Å². The number of ketones is 1. The van der Waals surface area contributed by atoms with E-state index in [4.69, 9.17) is 0 Å². The summed E-state index contributed by atoms with van der Waals surface area (Å²) in [6, 6.07) is 9.24. The van der Waals surface area contributed by atoms with E-state index in [1.807, 2.05) is 0 Å². The van der Waals surface area contributed by atoms with E-state index >= 15 is 0 Å². The lowest BCUT2D eigenvalue weighted by molar-refractivity contribution is -0.117. The molecule has 1 heteroatoms. The number of aryl methyl sites for hydroxylation is 1. The standard InChI is InChI=1S/C18H26O/c1-15(19)7-5-6-8-16-11-13-18(14-12-16)17-9-3-2-4-10-17/h11-14,17H,2-10H2,1H3. The van der Waals surface area contributed by atoms with Gasteiger partial charge in [-0.05, 0) is 56.1 Å². The molecular weight excluding hydrogens is 232 g/mol. The van der Waals surface area contributed by atoms with Crippen LogP contribution in [0.1, 0.15) is 75.3 Å². The Kier molecular flexibility index (Phi) is 5.62. The predicted molar refractivity (Wildman–Crippen MR) is 80.5 cm³/mol. The number of hydrogen-bond donors (Lipinski definition) is 0. The van der Waals surface area contributed by atoms with Crippen LogP contribution >= 0.6 is 0 Å². The Balaban J connectivity index is 1.79. The topological polar surface area (TPSA) is 17.1 Å². The van der Waals surface area contributed by atoms with E-state index in [1.54, 1.807) is 6.92 Å². The second-order valence-corrected chi connectivity index (χ2v) is 5.99. The molecule has 0 aliphatic heterocycles. The third-order valence-corrected chi connectivity index (χ3v) is 4.30. The third kappa shape index (κ3) is 4.81. The van der Waals surface area contributed by atoms with Gasteiger partial charge in [0.1, 0.15) is 5.78 Å². The quantitative estimate of drug-likeness (QED) is 0.654. The molecule has 1 fully saturated rings. The van der Waals surface area contributed by atoms with Gasteiger partial charge < -0.3 is 4.79 Å². The van der Waals surface area contributed by atoms with Gasteiger partial charge in [-0.3, -0.25) is 0 Å². The molecule has 0 aromatic heterocycles. The van der Waals surface area contributed by atoms with Crippen LogP contribution in [-0.2, 0) is 11.2 Å². The fourth-order valence-electron chi connectivity index (χ4n) is 3.10. The van der Waals surface area contributed by atoms with E-state index in [1.165, 1.54) is 43.2 Å². The summed E-state index contributed by atoms with van der Waals surface area (Å²) in [4.78, 5) is 10.9. The molecule has 1 aromatic carbocycles. The summed E-state index contributed by atoms with van der Waals surface area (Å²) in [5.74, 6) is 1.12. The first-order chi connectivity index (χ1) is 9.25. The highest BCUT2D eigenvalue weighted by atomic mass is 16.1. The van der Waals surface area contributed by atoms with Crippen molar-refractivity contribution in [3.8, 4) is 0 Å². The molecule has 2 rings (SSSR count). The van der Waals surface area contributed by atoms with Crippen molar-refractivity contribution in [3.05, 3.63) is 35.4 Å². The van der Waals surface area contributed by atoms with Gasteiger partial charge in [0.15, 0.2) is 0 Å². The van der Waals surface area contributed by atoms with Crippen LogP contribution in [0.2, 0.25) is 0 Å². The second-order valence-electron chi connectivity index (χ2n) is 5.99. The molecule has 0 radical (unpaired) electrons. The third-order valence-electron chi connectivity index (χ3n) is 4.30. The smallest absolute Gasteiger partial charge is 0.129 e. The monoisotopic (exact) mass is 258 g/mol. The van der Waals surface area contributed by atoms with Gasteiger partial charge in [0.25, 0.3) is 0 Å². The number of rotatable bonds is 6. The molecule has 0 bridgehead atoms. The van der Waals surface area contributed by atoms with Crippen molar-refractivity contribution in [2.45, 2.75) is 70.6 Å².